The van der Waals surface area contributed by atoms with Crippen LogP contribution >= 0.6 is 0 Å². The summed E-state index contributed by atoms with van der Waals surface area (Å²) in [7, 11) is 0. The molecule has 1 aromatic heterocycles. The quantitative estimate of drug-likeness (QED) is 0.878. The normalized spacial score (nSPS) is 10.8. The van der Waals surface area contributed by atoms with Gasteiger partial charge in [-0.1, -0.05) is 19.9 Å². The molecule has 2 N–H and O–H groups in total. The van der Waals surface area contributed by atoms with Crippen molar-refractivity contribution in [2.24, 2.45) is 5.92 Å². The van der Waals surface area contributed by atoms with Gasteiger partial charge >= 0.3 is 0 Å². The Balaban J connectivity index is 2.24. The largest absolute Gasteiger partial charge is 0.370 e. The van der Waals surface area contributed by atoms with E-state index >= 15 is 0 Å². The van der Waals surface area contributed by atoms with Crippen LogP contribution in [0.1, 0.15) is 19.5 Å². The predicted molar refractivity (Wildman–Crippen MR) is 79.7 cm³/mol. The maximum atomic E-state index is 13.6. The lowest BCUT2D eigenvalue weighted by molar-refractivity contribution is 0.590. The molecule has 0 bridgehead atoms. The van der Waals surface area contributed by atoms with Crippen LogP contribution in [0.15, 0.2) is 24.3 Å². The molecule has 2 aromatic rings. The molecule has 0 saturated heterocycles. The molecule has 0 aliphatic carbocycles. The highest BCUT2D eigenvalue weighted by Gasteiger charge is 2.11. The molecule has 112 valence electrons. The summed E-state index contributed by atoms with van der Waals surface area (Å²) < 4.78 is 27.2. The van der Waals surface area contributed by atoms with Crippen LogP contribution in [0, 0.1) is 24.5 Å². The fourth-order valence-electron chi connectivity index (χ4n) is 1.75. The van der Waals surface area contributed by atoms with Crippen molar-refractivity contribution in [2.45, 2.75) is 20.8 Å². The number of para-hydroxylation sites is 1. The van der Waals surface area contributed by atoms with Gasteiger partial charge in [0.25, 0.3) is 0 Å². The Morgan fingerprint density at radius 2 is 1.81 bits per heavy atom. The van der Waals surface area contributed by atoms with E-state index in [2.05, 4.69) is 34.4 Å². The van der Waals surface area contributed by atoms with Crippen molar-refractivity contribution in [3.63, 3.8) is 0 Å². The van der Waals surface area contributed by atoms with E-state index in [9.17, 15) is 8.78 Å². The standard InChI is InChI=1S/C15H18F2N4/c1-9(2)8-18-13-7-10(3)19-15(20-13)21-14-11(16)5-4-6-12(14)17/h4-7,9H,8H2,1-3H3,(H2,18,19,20,21). The molecular weight excluding hydrogens is 274 g/mol. The van der Waals surface area contributed by atoms with Crippen LogP contribution in [0.25, 0.3) is 0 Å². The Labute approximate surface area is 122 Å². The Morgan fingerprint density at radius 1 is 1.14 bits per heavy atom. The summed E-state index contributed by atoms with van der Waals surface area (Å²) in [5.74, 6) is -0.130. The van der Waals surface area contributed by atoms with Crippen LogP contribution in [-0.2, 0) is 0 Å². The molecule has 0 radical (unpaired) electrons. The van der Waals surface area contributed by atoms with E-state index < -0.39 is 11.6 Å². The topological polar surface area (TPSA) is 49.8 Å². The van der Waals surface area contributed by atoms with Crippen LogP contribution in [-0.4, -0.2) is 16.5 Å². The maximum Gasteiger partial charge on any atom is 0.229 e. The molecule has 0 amide bonds. The molecular formula is C15H18F2N4. The van der Waals surface area contributed by atoms with Crippen LogP contribution in [0.5, 0.6) is 0 Å². The highest BCUT2D eigenvalue weighted by Crippen LogP contribution is 2.22. The lowest BCUT2D eigenvalue weighted by atomic mass is 10.2. The van der Waals surface area contributed by atoms with E-state index in [1.165, 1.54) is 18.2 Å². The molecule has 2 rings (SSSR count). The van der Waals surface area contributed by atoms with Crippen LogP contribution in [0.2, 0.25) is 0 Å². The van der Waals surface area contributed by atoms with Crippen molar-refractivity contribution in [2.75, 3.05) is 17.2 Å². The highest BCUT2D eigenvalue weighted by molar-refractivity contribution is 5.56. The van der Waals surface area contributed by atoms with Crippen molar-refractivity contribution in [1.29, 1.82) is 0 Å². The second-order valence-corrected chi connectivity index (χ2v) is 5.21. The molecule has 0 aliphatic heterocycles. The molecule has 6 heteroatoms. The lowest BCUT2D eigenvalue weighted by Crippen LogP contribution is -2.11. The minimum absolute atomic E-state index is 0.158. The van der Waals surface area contributed by atoms with Crippen molar-refractivity contribution in [1.82, 2.24) is 9.97 Å². The van der Waals surface area contributed by atoms with Gasteiger partial charge < -0.3 is 10.6 Å². The van der Waals surface area contributed by atoms with E-state index in [-0.39, 0.29) is 11.6 Å². The number of aryl methyl sites for hydroxylation is 1. The first-order chi connectivity index (χ1) is 9.95. The summed E-state index contributed by atoms with van der Waals surface area (Å²) >= 11 is 0. The number of nitrogens with one attached hydrogen (secondary N) is 2. The van der Waals surface area contributed by atoms with Gasteiger partial charge in [-0.25, -0.2) is 13.8 Å². The van der Waals surface area contributed by atoms with Crippen molar-refractivity contribution in [3.8, 4) is 0 Å². The lowest BCUT2D eigenvalue weighted by Gasteiger charge is -2.12. The van der Waals surface area contributed by atoms with Crippen molar-refractivity contribution < 1.29 is 8.78 Å². The number of benzene rings is 1. The first-order valence-corrected chi connectivity index (χ1v) is 6.76. The summed E-state index contributed by atoms with van der Waals surface area (Å²) in [4.78, 5) is 8.36. The van der Waals surface area contributed by atoms with E-state index in [0.29, 0.717) is 17.4 Å². The zero-order chi connectivity index (χ0) is 15.4. The van der Waals surface area contributed by atoms with E-state index in [1.807, 2.05) is 0 Å². The first-order valence-electron chi connectivity index (χ1n) is 6.76. The van der Waals surface area contributed by atoms with Gasteiger partial charge in [-0.3, -0.25) is 0 Å². The third-order valence-electron chi connectivity index (χ3n) is 2.75. The zero-order valence-corrected chi connectivity index (χ0v) is 12.2. The summed E-state index contributed by atoms with van der Waals surface area (Å²) in [6.07, 6.45) is 0. The van der Waals surface area contributed by atoms with Gasteiger partial charge in [-0.05, 0) is 25.0 Å². The Morgan fingerprint density at radius 3 is 2.43 bits per heavy atom. The average molecular weight is 292 g/mol. The molecule has 0 saturated carbocycles. The predicted octanol–water partition coefficient (Wildman–Crippen LogP) is 3.87. The molecule has 0 atom stereocenters. The van der Waals surface area contributed by atoms with Gasteiger partial charge in [0.2, 0.25) is 5.95 Å². The maximum absolute atomic E-state index is 13.6. The van der Waals surface area contributed by atoms with Gasteiger partial charge in [0, 0.05) is 18.3 Å². The van der Waals surface area contributed by atoms with Crippen LogP contribution in [0.3, 0.4) is 0 Å². The second-order valence-electron chi connectivity index (χ2n) is 5.21. The smallest absolute Gasteiger partial charge is 0.229 e. The van der Waals surface area contributed by atoms with Crippen molar-refractivity contribution >= 4 is 17.5 Å². The average Bonchev–Trinajstić information content (AvgIpc) is 2.40. The van der Waals surface area contributed by atoms with E-state index in [0.717, 1.165) is 6.54 Å². The summed E-state index contributed by atoms with van der Waals surface area (Å²) in [6.45, 7) is 6.71. The number of hydrogen-bond acceptors (Lipinski definition) is 4. The Bertz CT molecular complexity index is 609. The fraction of sp³-hybridized carbons (Fsp3) is 0.333. The van der Waals surface area contributed by atoms with Gasteiger partial charge in [-0.15, -0.1) is 0 Å². The third kappa shape index (κ3) is 4.11. The van der Waals surface area contributed by atoms with Crippen LogP contribution < -0.4 is 10.6 Å². The second kappa shape index (κ2) is 6.47. The van der Waals surface area contributed by atoms with Crippen molar-refractivity contribution in [3.05, 3.63) is 41.6 Å². The minimum atomic E-state index is -0.684. The molecule has 0 aliphatic rings. The van der Waals surface area contributed by atoms with E-state index in [1.54, 1.807) is 13.0 Å². The molecule has 1 heterocycles. The third-order valence-corrected chi connectivity index (χ3v) is 2.75. The number of hydrogen-bond donors (Lipinski definition) is 2. The number of rotatable bonds is 5. The highest BCUT2D eigenvalue weighted by atomic mass is 19.1. The van der Waals surface area contributed by atoms with Crippen LogP contribution in [0.4, 0.5) is 26.2 Å². The molecule has 21 heavy (non-hydrogen) atoms. The van der Waals surface area contributed by atoms with Gasteiger partial charge in [-0.2, -0.15) is 4.98 Å². The first kappa shape index (κ1) is 15.2. The zero-order valence-electron chi connectivity index (χ0n) is 12.2. The summed E-state index contributed by atoms with van der Waals surface area (Å²) in [6, 6.07) is 5.45. The number of aromatic nitrogens is 2. The molecule has 4 nitrogen and oxygen atoms in total. The Kier molecular flexibility index (Phi) is 4.67. The monoisotopic (exact) mass is 292 g/mol. The fourth-order valence-corrected chi connectivity index (χ4v) is 1.75. The number of anilines is 3. The van der Waals surface area contributed by atoms with Gasteiger partial charge in [0.05, 0.1) is 0 Å². The Hall–Kier alpha value is -2.24. The number of halogens is 2. The number of nitrogens with zero attached hydrogens (tertiary/aromatic N) is 2. The molecule has 0 spiro atoms. The summed E-state index contributed by atoms with van der Waals surface area (Å²) in [5, 5.41) is 5.76. The minimum Gasteiger partial charge on any atom is -0.370 e. The van der Waals surface area contributed by atoms with Gasteiger partial charge in [0.15, 0.2) is 0 Å². The van der Waals surface area contributed by atoms with Gasteiger partial charge in [0.1, 0.15) is 23.1 Å². The molecule has 1 aromatic carbocycles. The summed E-state index contributed by atoms with van der Waals surface area (Å²) in [5.41, 5.74) is 0.452. The SMILES string of the molecule is Cc1cc(NCC(C)C)nc(Nc2c(F)cccc2F)n1. The van der Waals surface area contributed by atoms with E-state index in [4.69, 9.17) is 0 Å². The molecule has 0 fully saturated rings. The molecule has 0 unspecified atom stereocenters.